The number of hydrogen-bond donors (Lipinski definition) is 3. The zero-order valence-electron chi connectivity index (χ0n) is 18.2. The van der Waals surface area contributed by atoms with Gasteiger partial charge in [-0.15, -0.1) is 0 Å². The van der Waals surface area contributed by atoms with Crippen LogP contribution in [0.3, 0.4) is 0 Å². The molecule has 5 heteroatoms. The normalized spacial score (nSPS) is 12.0. The third kappa shape index (κ3) is 7.49. The second kappa shape index (κ2) is 13.0. The van der Waals surface area contributed by atoms with Crippen LogP contribution >= 0.6 is 11.6 Å². The molecule has 0 saturated carbocycles. The molecule has 1 unspecified atom stereocenters. The molecule has 0 aliphatic heterocycles. The van der Waals surface area contributed by atoms with Crippen LogP contribution in [-0.4, -0.2) is 30.2 Å². The lowest BCUT2D eigenvalue weighted by molar-refractivity contribution is -0.123. The van der Waals surface area contributed by atoms with Crippen molar-refractivity contribution < 1.29 is 9.90 Å². The SMILES string of the molecule is O=C(NCc1ccc(Cl)cc1)C(CCO)NCCCC(c1ccccc1)c1ccccc1. The summed E-state index contributed by atoms with van der Waals surface area (Å²) < 4.78 is 0. The van der Waals surface area contributed by atoms with Gasteiger partial charge in [0.25, 0.3) is 0 Å². The van der Waals surface area contributed by atoms with Gasteiger partial charge in [-0.1, -0.05) is 84.4 Å². The maximum absolute atomic E-state index is 12.6. The second-order valence-electron chi connectivity index (χ2n) is 7.88. The summed E-state index contributed by atoms with van der Waals surface area (Å²) in [4.78, 5) is 12.6. The number of hydrogen-bond acceptors (Lipinski definition) is 3. The molecular formula is C27H31ClN2O2. The Labute approximate surface area is 195 Å². The average molecular weight is 451 g/mol. The molecule has 0 aromatic heterocycles. The monoisotopic (exact) mass is 450 g/mol. The van der Waals surface area contributed by atoms with Crippen molar-refractivity contribution in [2.75, 3.05) is 13.2 Å². The molecule has 0 aliphatic rings. The maximum atomic E-state index is 12.6. The van der Waals surface area contributed by atoms with E-state index in [1.165, 1.54) is 11.1 Å². The first-order valence-electron chi connectivity index (χ1n) is 11.1. The number of halogens is 1. The Balaban J connectivity index is 1.52. The third-order valence-corrected chi connectivity index (χ3v) is 5.83. The summed E-state index contributed by atoms with van der Waals surface area (Å²) in [6, 6.07) is 28.0. The zero-order chi connectivity index (χ0) is 22.6. The lowest BCUT2D eigenvalue weighted by Gasteiger charge is -2.20. The van der Waals surface area contributed by atoms with E-state index in [1.54, 1.807) is 0 Å². The minimum absolute atomic E-state index is 0.0390. The minimum Gasteiger partial charge on any atom is -0.396 e. The summed E-state index contributed by atoms with van der Waals surface area (Å²) in [7, 11) is 0. The minimum atomic E-state index is -0.417. The summed E-state index contributed by atoms with van der Waals surface area (Å²) in [6.45, 7) is 1.10. The fourth-order valence-corrected chi connectivity index (χ4v) is 3.97. The van der Waals surface area contributed by atoms with Crippen molar-refractivity contribution in [1.82, 2.24) is 10.6 Å². The van der Waals surface area contributed by atoms with Crippen molar-refractivity contribution in [3.8, 4) is 0 Å². The van der Waals surface area contributed by atoms with E-state index >= 15 is 0 Å². The molecule has 1 amide bonds. The van der Waals surface area contributed by atoms with Crippen molar-refractivity contribution >= 4 is 17.5 Å². The first-order chi connectivity index (χ1) is 15.7. The molecule has 0 spiro atoms. The quantitative estimate of drug-likeness (QED) is 0.343. The standard InChI is InChI=1S/C27H31ClN2O2/c28-24-15-13-21(14-16-24)20-30-27(32)26(17-19-31)29-18-7-12-25(22-8-3-1-4-9-22)23-10-5-2-6-11-23/h1-6,8-11,13-16,25-26,29,31H,7,12,17-20H2,(H,30,32). The van der Waals surface area contributed by atoms with E-state index in [0.717, 1.165) is 18.4 Å². The summed E-state index contributed by atoms with van der Waals surface area (Å²) >= 11 is 5.91. The van der Waals surface area contributed by atoms with E-state index in [-0.39, 0.29) is 12.5 Å². The van der Waals surface area contributed by atoms with E-state index < -0.39 is 6.04 Å². The van der Waals surface area contributed by atoms with Crippen LogP contribution < -0.4 is 10.6 Å². The van der Waals surface area contributed by atoms with Crippen LogP contribution in [-0.2, 0) is 11.3 Å². The van der Waals surface area contributed by atoms with Gasteiger partial charge in [-0.3, -0.25) is 4.79 Å². The highest BCUT2D eigenvalue weighted by atomic mass is 35.5. The van der Waals surface area contributed by atoms with Gasteiger partial charge in [0.15, 0.2) is 0 Å². The van der Waals surface area contributed by atoms with Crippen LogP contribution in [0.2, 0.25) is 5.02 Å². The van der Waals surface area contributed by atoms with Gasteiger partial charge in [-0.05, 0) is 54.6 Å². The summed E-state index contributed by atoms with van der Waals surface area (Å²) in [5, 5.41) is 16.4. The Morgan fingerprint density at radius 1 is 0.844 bits per heavy atom. The molecule has 3 rings (SSSR count). The van der Waals surface area contributed by atoms with Crippen LogP contribution in [0.1, 0.15) is 41.9 Å². The van der Waals surface area contributed by atoms with Gasteiger partial charge in [0.2, 0.25) is 5.91 Å². The largest absolute Gasteiger partial charge is 0.396 e. The molecule has 32 heavy (non-hydrogen) atoms. The Bertz CT molecular complexity index is 893. The number of benzene rings is 3. The number of aliphatic hydroxyl groups is 1. The number of nitrogens with one attached hydrogen (secondary N) is 2. The number of carbonyl (C=O) groups is 1. The van der Waals surface area contributed by atoms with Crippen molar-refractivity contribution in [3.05, 3.63) is 107 Å². The van der Waals surface area contributed by atoms with Crippen LogP contribution in [0.15, 0.2) is 84.9 Å². The molecule has 168 valence electrons. The lowest BCUT2D eigenvalue weighted by Crippen LogP contribution is -2.44. The van der Waals surface area contributed by atoms with Crippen LogP contribution in [0.4, 0.5) is 0 Å². The van der Waals surface area contributed by atoms with Crippen molar-refractivity contribution in [2.45, 2.75) is 37.8 Å². The number of rotatable bonds is 12. The van der Waals surface area contributed by atoms with Gasteiger partial charge in [0.1, 0.15) is 0 Å². The van der Waals surface area contributed by atoms with E-state index in [2.05, 4.69) is 59.2 Å². The van der Waals surface area contributed by atoms with Crippen molar-refractivity contribution in [1.29, 1.82) is 0 Å². The van der Waals surface area contributed by atoms with Crippen molar-refractivity contribution in [3.63, 3.8) is 0 Å². The van der Waals surface area contributed by atoms with Crippen LogP contribution in [0, 0.1) is 0 Å². The average Bonchev–Trinajstić information content (AvgIpc) is 2.84. The van der Waals surface area contributed by atoms with Gasteiger partial charge in [0, 0.05) is 24.1 Å². The van der Waals surface area contributed by atoms with Gasteiger partial charge in [0.05, 0.1) is 6.04 Å². The molecule has 0 aliphatic carbocycles. The molecule has 4 nitrogen and oxygen atoms in total. The predicted octanol–water partition coefficient (Wildman–Crippen LogP) is 4.91. The van der Waals surface area contributed by atoms with Crippen molar-refractivity contribution in [2.24, 2.45) is 0 Å². The lowest BCUT2D eigenvalue weighted by atomic mass is 9.87. The summed E-state index contributed by atoms with van der Waals surface area (Å²) in [5.41, 5.74) is 3.58. The topological polar surface area (TPSA) is 61.4 Å². The molecule has 0 fully saturated rings. The van der Waals surface area contributed by atoms with Crippen LogP contribution in [0.25, 0.3) is 0 Å². The predicted molar refractivity (Wildman–Crippen MR) is 131 cm³/mol. The second-order valence-corrected chi connectivity index (χ2v) is 8.32. The van der Waals surface area contributed by atoms with E-state index in [4.69, 9.17) is 11.6 Å². The molecule has 0 heterocycles. The first-order valence-corrected chi connectivity index (χ1v) is 11.5. The number of carbonyl (C=O) groups excluding carboxylic acids is 1. The smallest absolute Gasteiger partial charge is 0.237 e. The van der Waals surface area contributed by atoms with Gasteiger partial charge in [-0.25, -0.2) is 0 Å². The van der Waals surface area contributed by atoms with Crippen LogP contribution in [0.5, 0.6) is 0 Å². The highest BCUT2D eigenvalue weighted by molar-refractivity contribution is 6.30. The Kier molecular flexibility index (Phi) is 9.76. The van der Waals surface area contributed by atoms with E-state index in [0.29, 0.717) is 30.5 Å². The number of amides is 1. The maximum Gasteiger partial charge on any atom is 0.237 e. The van der Waals surface area contributed by atoms with E-state index in [1.807, 2.05) is 36.4 Å². The Morgan fingerprint density at radius 3 is 2.00 bits per heavy atom. The fourth-order valence-electron chi connectivity index (χ4n) is 3.85. The molecule has 3 aromatic rings. The zero-order valence-corrected chi connectivity index (χ0v) is 19.0. The number of aliphatic hydroxyl groups excluding tert-OH is 1. The molecule has 0 bridgehead atoms. The summed E-state index contributed by atoms with van der Waals surface area (Å²) in [5.74, 6) is 0.214. The molecule has 3 N–H and O–H groups in total. The van der Waals surface area contributed by atoms with Gasteiger partial charge >= 0.3 is 0 Å². The summed E-state index contributed by atoms with van der Waals surface area (Å²) in [6.07, 6.45) is 2.27. The Hall–Kier alpha value is -2.66. The molecule has 3 aromatic carbocycles. The fraction of sp³-hybridized carbons (Fsp3) is 0.296. The van der Waals surface area contributed by atoms with Gasteiger partial charge in [-0.2, -0.15) is 0 Å². The molecule has 1 atom stereocenters. The highest BCUT2D eigenvalue weighted by Gasteiger charge is 2.18. The van der Waals surface area contributed by atoms with Gasteiger partial charge < -0.3 is 15.7 Å². The Morgan fingerprint density at radius 2 is 1.44 bits per heavy atom. The first kappa shape index (κ1) is 24.0. The van der Waals surface area contributed by atoms with E-state index in [9.17, 15) is 9.90 Å². The molecular weight excluding hydrogens is 420 g/mol. The third-order valence-electron chi connectivity index (χ3n) is 5.58. The molecule has 0 radical (unpaired) electrons. The highest BCUT2D eigenvalue weighted by Crippen LogP contribution is 2.28. The molecule has 0 saturated heterocycles.